The van der Waals surface area contributed by atoms with Crippen molar-refractivity contribution in [3.05, 3.63) is 22.2 Å². The van der Waals surface area contributed by atoms with Crippen LogP contribution < -0.4 is 62.2 Å². The van der Waals surface area contributed by atoms with E-state index >= 15 is 0 Å². The monoisotopic (exact) mass is 164 g/mol. The van der Waals surface area contributed by atoms with Crippen LogP contribution in [0.3, 0.4) is 0 Å². The number of nitrogens with one attached hydrogen (secondary N) is 1. The number of nitrogens with zero attached hydrogens (tertiary/aromatic N) is 1. The molecule has 0 aliphatic carbocycles. The molecule has 1 rings (SSSR count). The fraction of sp³-hybridized carbons (Fsp3) is 0.200. The third-order valence-corrected chi connectivity index (χ3v) is 0.954. The summed E-state index contributed by atoms with van der Waals surface area (Å²) >= 11 is 0. The van der Waals surface area contributed by atoms with Crippen LogP contribution in [0.25, 0.3) is 0 Å². The van der Waals surface area contributed by atoms with Crippen molar-refractivity contribution in [1.29, 1.82) is 0 Å². The van der Waals surface area contributed by atoms with Crippen molar-refractivity contribution in [2.45, 2.75) is 6.92 Å². The third kappa shape index (κ3) is 2.51. The van der Waals surface area contributed by atoms with Crippen molar-refractivity contribution in [2.75, 3.05) is 0 Å². The van der Waals surface area contributed by atoms with Gasteiger partial charge >= 0.3 is 57.1 Å². The summed E-state index contributed by atoms with van der Waals surface area (Å²) in [6.07, 6.45) is 1.25. The Kier molecular flexibility index (Phi) is 4.38. The summed E-state index contributed by atoms with van der Waals surface area (Å²) in [6, 6.07) is 0. The van der Waals surface area contributed by atoms with E-state index < -0.39 is 5.69 Å². The van der Waals surface area contributed by atoms with Crippen molar-refractivity contribution in [3.8, 4) is 5.88 Å². The Hall–Kier alpha value is 0.316. The van der Waals surface area contributed by atoms with E-state index in [2.05, 4.69) is 4.98 Å². The Balaban J connectivity index is 0.000000810. The fourth-order valence-corrected chi connectivity index (χ4v) is 0.442. The minimum absolute atomic E-state index is 0. The molecule has 0 saturated heterocycles. The Morgan fingerprint density at radius 3 is 2.70 bits per heavy atom. The second-order valence-electron chi connectivity index (χ2n) is 1.70. The standard InChI is InChI=1S/C5H6N2O2.K/c1-3-2-6-5(9)7-4(3)8;/h2H,1H3,(H2,6,7,8,9);/q;+1/p-1. The second-order valence-corrected chi connectivity index (χ2v) is 1.70. The molecular formula is C5H5KN2O2. The average Bonchev–Trinajstić information content (AvgIpc) is 1.80. The molecule has 5 heteroatoms. The molecule has 48 valence electrons. The van der Waals surface area contributed by atoms with Gasteiger partial charge in [-0.05, 0) is 18.4 Å². The van der Waals surface area contributed by atoms with E-state index in [0.717, 1.165) is 0 Å². The maximum Gasteiger partial charge on any atom is 1.00 e. The number of H-pyrrole nitrogens is 1. The molecule has 0 radical (unpaired) electrons. The van der Waals surface area contributed by atoms with E-state index in [1.807, 2.05) is 4.98 Å². The summed E-state index contributed by atoms with van der Waals surface area (Å²) in [5.41, 5.74) is -0.139. The van der Waals surface area contributed by atoms with Crippen molar-refractivity contribution < 1.29 is 56.5 Å². The smallest absolute Gasteiger partial charge is 0.860 e. The van der Waals surface area contributed by atoms with Gasteiger partial charge < -0.3 is 10.1 Å². The van der Waals surface area contributed by atoms with Crippen molar-refractivity contribution in [1.82, 2.24) is 9.97 Å². The van der Waals surface area contributed by atoms with E-state index in [1.54, 1.807) is 6.92 Å². The number of aryl methyl sites for hydroxylation is 1. The van der Waals surface area contributed by atoms with Gasteiger partial charge in [0.1, 0.15) is 0 Å². The molecule has 0 unspecified atom stereocenters. The van der Waals surface area contributed by atoms with Crippen LogP contribution in [0.4, 0.5) is 0 Å². The summed E-state index contributed by atoms with van der Waals surface area (Å²) in [5.74, 6) is -0.366. The topological polar surface area (TPSA) is 68.8 Å². The first-order valence-corrected chi connectivity index (χ1v) is 2.43. The van der Waals surface area contributed by atoms with Gasteiger partial charge in [0.25, 0.3) is 0 Å². The number of aromatic amines is 1. The van der Waals surface area contributed by atoms with Gasteiger partial charge in [-0.1, -0.05) is 0 Å². The van der Waals surface area contributed by atoms with Crippen LogP contribution in [0.5, 0.6) is 5.88 Å². The van der Waals surface area contributed by atoms with Gasteiger partial charge in [-0.15, -0.1) is 0 Å². The second kappa shape index (κ2) is 4.25. The maximum absolute atomic E-state index is 10.5. The molecule has 0 saturated carbocycles. The normalized spacial score (nSPS) is 8.50. The van der Waals surface area contributed by atoms with Gasteiger partial charge in [0.2, 0.25) is 0 Å². The Morgan fingerprint density at radius 2 is 2.30 bits per heavy atom. The molecular weight excluding hydrogens is 159 g/mol. The molecule has 1 heterocycles. The Labute approximate surface area is 100 Å². The molecule has 0 aromatic carbocycles. The first-order valence-electron chi connectivity index (χ1n) is 2.43. The molecule has 0 fully saturated rings. The predicted molar refractivity (Wildman–Crippen MR) is 29.0 cm³/mol. The van der Waals surface area contributed by atoms with Crippen molar-refractivity contribution in [3.63, 3.8) is 0 Å². The minimum atomic E-state index is -0.592. The summed E-state index contributed by atoms with van der Waals surface area (Å²) in [6.45, 7) is 1.59. The number of hydrogen-bond acceptors (Lipinski definition) is 3. The van der Waals surface area contributed by atoms with Gasteiger partial charge in [-0.2, -0.15) is 0 Å². The van der Waals surface area contributed by atoms with Crippen LogP contribution in [0.1, 0.15) is 5.56 Å². The summed E-state index contributed by atoms with van der Waals surface area (Å²) < 4.78 is 0. The summed E-state index contributed by atoms with van der Waals surface area (Å²) in [7, 11) is 0. The molecule has 0 aliphatic heterocycles. The van der Waals surface area contributed by atoms with Crippen LogP contribution >= 0.6 is 0 Å². The SMILES string of the molecule is Cc1cnc(=O)[nH]c1[O-].[K+]. The van der Waals surface area contributed by atoms with Crippen LogP contribution in [0.2, 0.25) is 0 Å². The largest absolute Gasteiger partial charge is 1.00 e. The van der Waals surface area contributed by atoms with Gasteiger partial charge in [-0.25, -0.2) is 9.78 Å². The molecule has 0 aliphatic rings. The zero-order valence-electron chi connectivity index (χ0n) is 5.84. The number of aromatic nitrogens is 2. The van der Waals surface area contributed by atoms with Crippen LogP contribution in [0.15, 0.2) is 11.0 Å². The molecule has 0 spiro atoms. The Bertz CT molecular complexity index is 271. The van der Waals surface area contributed by atoms with E-state index in [-0.39, 0.29) is 57.3 Å². The molecule has 1 aromatic rings. The Morgan fingerprint density at radius 1 is 1.70 bits per heavy atom. The van der Waals surface area contributed by atoms with Crippen LogP contribution in [-0.4, -0.2) is 9.97 Å². The third-order valence-electron chi connectivity index (χ3n) is 0.954. The fourth-order valence-electron chi connectivity index (χ4n) is 0.442. The molecule has 0 amide bonds. The van der Waals surface area contributed by atoms with Gasteiger partial charge in [0.15, 0.2) is 0 Å². The molecule has 10 heavy (non-hydrogen) atoms. The number of hydrogen-bond donors (Lipinski definition) is 1. The summed E-state index contributed by atoms with van der Waals surface area (Å²) in [5, 5.41) is 10.5. The molecule has 1 aromatic heterocycles. The van der Waals surface area contributed by atoms with E-state index in [9.17, 15) is 9.90 Å². The van der Waals surface area contributed by atoms with Crippen LogP contribution in [-0.2, 0) is 0 Å². The molecule has 4 nitrogen and oxygen atoms in total. The predicted octanol–water partition coefficient (Wildman–Crippen LogP) is -3.84. The maximum atomic E-state index is 10.5. The number of rotatable bonds is 0. The summed E-state index contributed by atoms with van der Waals surface area (Å²) in [4.78, 5) is 15.6. The van der Waals surface area contributed by atoms with E-state index in [1.165, 1.54) is 6.20 Å². The quantitative estimate of drug-likeness (QED) is 0.399. The van der Waals surface area contributed by atoms with Crippen LogP contribution in [0, 0.1) is 6.92 Å². The van der Waals surface area contributed by atoms with E-state index in [0.29, 0.717) is 5.56 Å². The van der Waals surface area contributed by atoms with Gasteiger partial charge in [0, 0.05) is 6.20 Å². The van der Waals surface area contributed by atoms with Gasteiger partial charge in [-0.3, -0.25) is 0 Å². The average molecular weight is 164 g/mol. The molecule has 1 N–H and O–H groups in total. The first-order chi connectivity index (χ1) is 4.20. The van der Waals surface area contributed by atoms with Gasteiger partial charge in [0.05, 0.1) is 0 Å². The molecule has 0 atom stereocenters. The minimum Gasteiger partial charge on any atom is -0.860 e. The zero-order valence-corrected chi connectivity index (χ0v) is 8.96. The molecule has 0 bridgehead atoms. The van der Waals surface area contributed by atoms with E-state index in [4.69, 9.17) is 0 Å². The zero-order chi connectivity index (χ0) is 6.85. The van der Waals surface area contributed by atoms with Crippen molar-refractivity contribution >= 4 is 0 Å². The van der Waals surface area contributed by atoms with Crippen molar-refractivity contribution in [2.24, 2.45) is 0 Å². The first kappa shape index (κ1) is 10.3.